The molecule has 1 aromatic heterocycles. The van der Waals surface area contributed by atoms with Gasteiger partial charge in [-0.05, 0) is 6.92 Å². The Morgan fingerprint density at radius 3 is 2.69 bits per heavy atom. The Morgan fingerprint density at radius 1 is 1.56 bits per heavy atom. The molecule has 0 spiro atoms. The molecule has 1 aromatic rings. The summed E-state index contributed by atoms with van der Waals surface area (Å²) in [6.07, 6.45) is -1.89. The molecular weight excluding hydrogens is 263 g/mol. The van der Waals surface area contributed by atoms with Crippen LogP contribution < -0.4 is 0 Å². The van der Waals surface area contributed by atoms with Crippen molar-refractivity contribution < 1.29 is 18.3 Å². The van der Waals surface area contributed by atoms with E-state index in [4.69, 9.17) is 23.2 Å². The number of rotatable bonds is 3. The lowest BCUT2D eigenvalue weighted by Crippen LogP contribution is -2.08. The van der Waals surface area contributed by atoms with Crippen molar-refractivity contribution in [3.63, 3.8) is 0 Å². The quantitative estimate of drug-likeness (QED) is 0.623. The van der Waals surface area contributed by atoms with Gasteiger partial charge in [-0.2, -0.15) is 0 Å². The second kappa shape index (κ2) is 5.41. The van der Waals surface area contributed by atoms with Crippen LogP contribution in [0.15, 0.2) is 6.20 Å². The summed E-state index contributed by atoms with van der Waals surface area (Å²) in [6, 6.07) is 0. The van der Waals surface area contributed by atoms with Gasteiger partial charge in [-0.3, -0.25) is 0 Å². The largest absolute Gasteiger partial charge is 0.462 e. The maximum Gasteiger partial charge on any atom is 0.341 e. The molecule has 0 bridgehead atoms. The molecule has 0 saturated heterocycles. The van der Waals surface area contributed by atoms with Crippen molar-refractivity contribution in [2.45, 2.75) is 13.3 Å². The summed E-state index contributed by atoms with van der Waals surface area (Å²) in [5, 5.41) is -0.846. The summed E-state index contributed by atoms with van der Waals surface area (Å²) in [5.74, 6) is -0.807. The molecule has 0 radical (unpaired) electrons. The van der Waals surface area contributed by atoms with E-state index in [1.54, 1.807) is 6.92 Å². The van der Waals surface area contributed by atoms with E-state index in [-0.39, 0.29) is 12.2 Å². The van der Waals surface area contributed by atoms with Crippen LogP contribution in [-0.2, 0) is 4.74 Å². The van der Waals surface area contributed by atoms with Crippen molar-refractivity contribution >= 4 is 29.2 Å². The van der Waals surface area contributed by atoms with Gasteiger partial charge < -0.3 is 4.74 Å². The van der Waals surface area contributed by atoms with E-state index in [1.165, 1.54) is 0 Å². The van der Waals surface area contributed by atoms with Crippen LogP contribution >= 0.6 is 23.2 Å². The molecule has 0 aliphatic heterocycles. The summed E-state index contributed by atoms with van der Waals surface area (Å²) in [6.45, 7) is 1.70. The number of esters is 1. The molecule has 0 aliphatic carbocycles. The Morgan fingerprint density at radius 2 is 2.19 bits per heavy atom. The molecular formula is C9H7Cl2F2NO2. The molecule has 0 fully saturated rings. The van der Waals surface area contributed by atoms with Crippen molar-refractivity contribution in [3.8, 4) is 0 Å². The van der Waals surface area contributed by atoms with Gasteiger partial charge in [0, 0.05) is 6.20 Å². The van der Waals surface area contributed by atoms with E-state index in [1.807, 2.05) is 0 Å². The van der Waals surface area contributed by atoms with Crippen molar-refractivity contribution in [3.05, 3.63) is 27.5 Å². The first-order valence-electron chi connectivity index (χ1n) is 4.28. The molecule has 3 nitrogen and oxygen atoms in total. The summed E-state index contributed by atoms with van der Waals surface area (Å²) >= 11 is 11.1. The summed E-state index contributed by atoms with van der Waals surface area (Å²) in [7, 11) is 0. The first-order valence-corrected chi connectivity index (χ1v) is 5.03. The van der Waals surface area contributed by atoms with Gasteiger partial charge in [0.05, 0.1) is 22.8 Å². The molecule has 0 unspecified atom stereocenters. The zero-order valence-electron chi connectivity index (χ0n) is 8.14. The third kappa shape index (κ3) is 2.59. The average molecular weight is 270 g/mol. The first-order chi connectivity index (χ1) is 7.49. The van der Waals surface area contributed by atoms with Crippen molar-refractivity contribution in [1.82, 2.24) is 4.98 Å². The van der Waals surface area contributed by atoms with Crippen LogP contribution in [0.1, 0.15) is 29.3 Å². The lowest BCUT2D eigenvalue weighted by atomic mass is 10.2. The molecule has 0 N–H and O–H groups in total. The lowest BCUT2D eigenvalue weighted by molar-refractivity contribution is 0.0525. The third-order valence-corrected chi connectivity index (χ3v) is 2.42. The number of nitrogens with zero attached hydrogens (tertiary/aromatic N) is 1. The second-order valence-electron chi connectivity index (χ2n) is 2.71. The number of carbonyl (C=O) groups is 1. The van der Waals surface area contributed by atoms with Gasteiger partial charge in [-0.1, -0.05) is 23.2 Å². The second-order valence-corrected chi connectivity index (χ2v) is 3.45. The standard InChI is InChI=1S/C9H7Cl2F2NO2/c1-2-16-9(15)4-3-14-7(11)5(6(4)10)8(12)13/h3,8H,2H2,1H3. The number of carbonyl (C=O) groups excluding carboxylic acids is 1. The number of halogens is 4. The van der Waals surface area contributed by atoms with E-state index in [0.717, 1.165) is 6.20 Å². The lowest BCUT2D eigenvalue weighted by Gasteiger charge is -2.09. The van der Waals surface area contributed by atoms with E-state index in [0.29, 0.717) is 0 Å². The zero-order chi connectivity index (χ0) is 12.3. The molecule has 16 heavy (non-hydrogen) atoms. The number of aromatic nitrogens is 1. The molecule has 1 heterocycles. The predicted octanol–water partition coefficient (Wildman–Crippen LogP) is 3.50. The molecule has 0 aliphatic rings. The number of hydrogen-bond acceptors (Lipinski definition) is 3. The average Bonchev–Trinajstić information content (AvgIpc) is 2.17. The molecule has 7 heteroatoms. The van der Waals surface area contributed by atoms with Crippen molar-refractivity contribution in [2.24, 2.45) is 0 Å². The topological polar surface area (TPSA) is 39.2 Å². The first kappa shape index (κ1) is 13.1. The van der Waals surface area contributed by atoms with E-state index in [2.05, 4.69) is 9.72 Å². The minimum absolute atomic E-state index is 0.113. The van der Waals surface area contributed by atoms with Gasteiger partial charge in [0.15, 0.2) is 0 Å². The van der Waals surface area contributed by atoms with Gasteiger partial charge in [0.25, 0.3) is 6.43 Å². The molecule has 0 atom stereocenters. The van der Waals surface area contributed by atoms with Gasteiger partial charge in [0.1, 0.15) is 5.15 Å². The van der Waals surface area contributed by atoms with Crippen LogP contribution in [-0.4, -0.2) is 17.6 Å². The Kier molecular flexibility index (Phi) is 4.44. The highest BCUT2D eigenvalue weighted by Crippen LogP contribution is 2.34. The van der Waals surface area contributed by atoms with Crippen molar-refractivity contribution in [1.29, 1.82) is 0 Å². The third-order valence-electron chi connectivity index (χ3n) is 1.72. The highest BCUT2D eigenvalue weighted by molar-refractivity contribution is 6.37. The number of ether oxygens (including phenoxy) is 1. The summed E-state index contributed by atoms with van der Waals surface area (Å²) in [4.78, 5) is 14.8. The minimum Gasteiger partial charge on any atom is -0.462 e. The molecule has 0 aromatic carbocycles. The van der Waals surface area contributed by atoms with Crippen molar-refractivity contribution in [2.75, 3.05) is 6.61 Å². The minimum atomic E-state index is -2.90. The molecule has 0 saturated carbocycles. The Labute approximate surface area is 100 Å². The Hall–Kier alpha value is -0.940. The van der Waals surface area contributed by atoms with Crippen LogP contribution in [0, 0.1) is 0 Å². The van der Waals surface area contributed by atoms with Gasteiger partial charge in [-0.15, -0.1) is 0 Å². The highest BCUT2D eigenvalue weighted by atomic mass is 35.5. The fourth-order valence-corrected chi connectivity index (χ4v) is 1.59. The monoisotopic (exact) mass is 269 g/mol. The highest BCUT2D eigenvalue weighted by Gasteiger charge is 2.23. The maximum absolute atomic E-state index is 12.6. The van der Waals surface area contributed by atoms with Gasteiger partial charge in [-0.25, -0.2) is 18.6 Å². The van der Waals surface area contributed by atoms with E-state index < -0.39 is 28.1 Å². The van der Waals surface area contributed by atoms with Gasteiger partial charge >= 0.3 is 5.97 Å². The van der Waals surface area contributed by atoms with Crippen LogP contribution in [0.4, 0.5) is 8.78 Å². The SMILES string of the molecule is CCOC(=O)c1cnc(Cl)c(C(F)F)c1Cl. The van der Waals surface area contributed by atoms with Crippen LogP contribution in [0.25, 0.3) is 0 Å². The molecule has 0 amide bonds. The van der Waals surface area contributed by atoms with Crippen LogP contribution in [0.5, 0.6) is 0 Å². The van der Waals surface area contributed by atoms with E-state index >= 15 is 0 Å². The van der Waals surface area contributed by atoms with Gasteiger partial charge in [0.2, 0.25) is 0 Å². The fourth-order valence-electron chi connectivity index (χ4n) is 1.02. The maximum atomic E-state index is 12.6. The summed E-state index contributed by atoms with van der Waals surface area (Å²) in [5.41, 5.74) is -0.878. The normalized spacial score (nSPS) is 10.6. The smallest absolute Gasteiger partial charge is 0.341 e. The summed E-state index contributed by atoms with van der Waals surface area (Å²) < 4.78 is 29.7. The van der Waals surface area contributed by atoms with Crippen LogP contribution in [0.3, 0.4) is 0 Å². The van der Waals surface area contributed by atoms with E-state index in [9.17, 15) is 13.6 Å². The predicted molar refractivity (Wildman–Crippen MR) is 55.2 cm³/mol. The molecule has 88 valence electrons. The number of hydrogen-bond donors (Lipinski definition) is 0. The molecule has 1 rings (SSSR count). The zero-order valence-corrected chi connectivity index (χ0v) is 9.65. The van der Waals surface area contributed by atoms with Crippen LogP contribution in [0.2, 0.25) is 10.2 Å². The number of alkyl halides is 2. The Bertz CT molecular complexity index is 413. The fraction of sp³-hybridized carbons (Fsp3) is 0.333. The number of pyridine rings is 1. The Balaban J connectivity index is 3.23.